The van der Waals surface area contributed by atoms with Crippen LogP contribution in [0, 0.1) is 12.8 Å². The Morgan fingerprint density at radius 2 is 1.74 bits per heavy atom. The molecule has 2 rings (SSSR count). The van der Waals surface area contributed by atoms with Crippen LogP contribution in [-0.2, 0) is 23.8 Å². The minimum atomic E-state index is -3.98. The van der Waals surface area contributed by atoms with Crippen molar-refractivity contribution in [3.63, 3.8) is 0 Å². The second kappa shape index (κ2) is 7.42. The first-order valence-electron chi connectivity index (χ1n) is 7.68. The number of ether oxygens (including phenoxy) is 1. The molecular weight excluding hydrogens is 318 g/mol. The quantitative estimate of drug-likeness (QED) is 0.761. The van der Waals surface area contributed by atoms with E-state index < -0.39 is 16.2 Å². The van der Waals surface area contributed by atoms with Gasteiger partial charge in [-0.3, -0.25) is 8.98 Å². The molecule has 0 radical (unpaired) electrons. The van der Waals surface area contributed by atoms with Gasteiger partial charge in [-0.1, -0.05) is 31.5 Å². The normalized spacial score (nSPS) is 17.3. The first kappa shape index (κ1) is 17.9. The molecule has 6 nitrogen and oxygen atoms in total. The average molecular weight is 341 g/mol. The van der Waals surface area contributed by atoms with Gasteiger partial charge >= 0.3 is 0 Å². The van der Waals surface area contributed by atoms with Crippen LogP contribution in [-0.4, -0.2) is 51.6 Å². The van der Waals surface area contributed by atoms with Crippen molar-refractivity contribution in [2.45, 2.75) is 31.8 Å². The molecule has 0 unspecified atom stereocenters. The SMILES string of the molecule is Cc1ccc(S(=O)(=O)O[C@@H](C(=O)N2CCOCC2)C(C)C)cc1. The Hall–Kier alpha value is -1.44. The number of benzene rings is 1. The molecule has 7 heteroatoms. The van der Waals surface area contributed by atoms with E-state index in [-0.39, 0.29) is 16.7 Å². The maximum atomic E-state index is 12.6. The zero-order valence-corrected chi connectivity index (χ0v) is 14.5. The molecule has 0 saturated carbocycles. The summed E-state index contributed by atoms with van der Waals surface area (Å²) in [6, 6.07) is 6.37. The number of aryl methyl sites for hydroxylation is 1. The molecule has 1 saturated heterocycles. The molecule has 1 aliphatic heterocycles. The summed E-state index contributed by atoms with van der Waals surface area (Å²) in [5.41, 5.74) is 0.953. The molecule has 23 heavy (non-hydrogen) atoms. The lowest BCUT2D eigenvalue weighted by Gasteiger charge is -2.31. The number of carbonyl (C=O) groups is 1. The molecule has 0 aliphatic carbocycles. The monoisotopic (exact) mass is 341 g/mol. The molecular formula is C16H23NO5S. The molecule has 128 valence electrons. The molecule has 1 aliphatic rings. The summed E-state index contributed by atoms with van der Waals surface area (Å²) in [5.74, 6) is -0.565. The fraction of sp³-hybridized carbons (Fsp3) is 0.562. The highest BCUT2D eigenvalue weighted by Gasteiger charge is 2.33. The largest absolute Gasteiger partial charge is 0.378 e. The predicted octanol–water partition coefficient (Wildman–Crippen LogP) is 1.58. The van der Waals surface area contributed by atoms with Gasteiger partial charge in [0.15, 0.2) is 6.10 Å². The topological polar surface area (TPSA) is 72.9 Å². The summed E-state index contributed by atoms with van der Waals surface area (Å²) in [6.45, 7) is 7.24. The van der Waals surface area contributed by atoms with Gasteiger partial charge in [-0.25, -0.2) is 0 Å². The Morgan fingerprint density at radius 3 is 2.26 bits per heavy atom. The lowest BCUT2D eigenvalue weighted by Crippen LogP contribution is -2.48. The second-order valence-corrected chi connectivity index (χ2v) is 7.54. The number of hydrogen-bond donors (Lipinski definition) is 0. The standard InChI is InChI=1S/C16H23NO5S/c1-12(2)15(16(18)17-8-10-21-11-9-17)22-23(19,20)14-6-4-13(3)5-7-14/h4-7,12,15H,8-11H2,1-3H3/t15-/m1/s1. The van der Waals surface area contributed by atoms with Gasteiger partial charge in [-0.05, 0) is 25.0 Å². The van der Waals surface area contributed by atoms with Crippen molar-refractivity contribution in [1.29, 1.82) is 0 Å². The molecule has 1 aromatic carbocycles. The van der Waals surface area contributed by atoms with Crippen LogP contribution in [0.2, 0.25) is 0 Å². The van der Waals surface area contributed by atoms with Gasteiger partial charge in [0.1, 0.15) is 0 Å². The Bertz CT molecular complexity index is 633. The van der Waals surface area contributed by atoms with E-state index in [1.807, 2.05) is 6.92 Å². The van der Waals surface area contributed by atoms with Gasteiger partial charge in [0.05, 0.1) is 18.1 Å². The third-order valence-corrected chi connectivity index (χ3v) is 5.02. The van der Waals surface area contributed by atoms with Gasteiger partial charge in [0.2, 0.25) is 0 Å². The molecule has 0 bridgehead atoms. The number of hydrogen-bond acceptors (Lipinski definition) is 5. The Labute approximate surface area is 137 Å². The highest BCUT2D eigenvalue weighted by atomic mass is 32.2. The van der Waals surface area contributed by atoms with Crippen molar-refractivity contribution in [2.75, 3.05) is 26.3 Å². The number of morpholine rings is 1. The maximum Gasteiger partial charge on any atom is 0.297 e. The molecule has 1 aromatic rings. The molecule has 1 atom stereocenters. The van der Waals surface area contributed by atoms with Crippen LogP contribution in [0.1, 0.15) is 19.4 Å². The lowest BCUT2D eigenvalue weighted by atomic mass is 10.1. The van der Waals surface area contributed by atoms with Crippen LogP contribution < -0.4 is 0 Å². The van der Waals surface area contributed by atoms with Crippen molar-refractivity contribution in [1.82, 2.24) is 4.90 Å². The number of amides is 1. The molecule has 1 fully saturated rings. The molecule has 0 N–H and O–H groups in total. The first-order chi connectivity index (χ1) is 10.8. The number of rotatable bonds is 5. The van der Waals surface area contributed by atoms with Gasteiger partial charge in [-0.2, -0.15) is 8.42 Å². The van der Waals surface area contributed by atoms with E-state index >= 15 is 0 Å². The first-order valence-corrected chi connectivity index (χ1v) is 9.08. The van der Waals surface area contributed by atoms with Crippen LogP contribution in [0.5, 0.6) is 0 Å². The van der Waals surface area contributed by atoms with E-state index in [0.29, 0.717) is 26.3 Å². The molecule has 0 spiro atoms. The molecule has 0 aromatic heterocycles. The van der Waals surface area contributed by atoms with Crippen molar-refractivity contribution in [3.05, 3.63) is 29.8 Å². The third-order valence-electron chi connectivity index (χ3n) is 3.71. The fourth-order valence-electron chi connectivity index (χ4n) is 2.30. The van der Waals surface area contributed by atoms with Crippen LogP contribution >= 0.6 is 0 Å². The Morgan fingerprint density at radius 1 is 1.17 bits per heavy atom. The Kier molecular flexibility index (Phi) is 5.78. The van der Waals surface area contributed by atoms with Crippen molar-refractivity contribution >= 4 is 16.0 Å². The summed E-state index contributed by atoms with van der Waals surface area (Å²) in [7, 11) is -3.98. The smallest absolute Gasteiger partial charge is 0.297 e. The van der Waals surface area contributed by atoms with Gasteiger partial charge in [-0.15, -0.1) is 0 Å². The number of carbonyl (C=O) groups excluding carboxylic acids is 1. The average Bonchev–Trinajstić information content (AvgIpc) is 2.53. The van der Waals surface area contributed by atoms with E-state index in [1.165, 1.54) is 12.1 Å². The summed E-state index contributed by atoms with van der Waals surface area (Å²) in [4.78, 5) is 14.2. The minimum Gasteiger partial charge on any atom is -0.378 e. The van der Waals surface area contributed by atoms with Crippen LogP contribution in [0.25, 0.3) is 0 Å². The van der Waals surface area contributed by atoms with Gasteiger partial charge < -0.3 is 9.64 Å². The predicted molar refractivity (Wildman–Crippen MR) is 85.5 cm³/mol. The Balaban J connectivity index is 2.17. The number of nitrogens with zero attached hydrogens (tertiary/aromatic N) is 1. The summed E-state index contributed by atoms with van der Waals surface area (Å²) < 4.78 is 35.4. The highest BCUT2D eigenvalue weighted by Crippen LogP contribution is 2.20. The minimum absolute atomic E-state index is 0.0588. The highest BCUT2D eigenvalue weighted by molar-refractivity contribution is 7.86. The van der Waals surface area contributed by atoms with Crippen molar-refractivity contribution < 1.29 is 22.1 Å². The second-order valence-electron chi connectivity index (χ2n) is 5.97. The summed E-state index contributed by atoms with van der Waals surface area (Å²) >= 11 is 0. The van der Waals surface area contributed by atoms with E-state index in [2.05, 4.69) is 0 Å². The maximum absolute atomic E-state index is 12.6. The van der Waals surface area contributed by atoms with Gasteiger partial charge in [0, 0.05) is 13.1 Å². The molecule has 1 amide bonds. The van der Waals surface area contributed by atoms with Crippen LogP contribution in [0.4, 0.5) is 0 Å². The van der Waals surface area contributed by atoms with Crippen molar-refractivity contribution in [2.24, 2.45) is 5.92 Å². The van der Waals surface area contributed by atoms with E-state index in [9.17, 15) is 13.2 Å². The molecule has 1 heterocycles. The van der Waals surface area contributed by atoms with Crippen LogP contribution in [0.15, 0.2) is 29.2 Å². The van der Waals surface area contributed by atoms with E-state index in [0.717, 1.165) is 5.56 Å². The third kappa shape index (κ3) is 4.53. The summed E-state index contributed by atoms with van der Waals surface area (Å²) in [5, 5.41) is 0. The van der Waals surface area contributed by atoms with E-state index in [1.54, 1.807) is 30.9 Å². The lowest BCUT2D eigenvalue weighted by molar-refractivity contribution is -0.144. The fourth-order valence-corrected chi connectivity index (χ4v) is 3.46. The van der Waals surface area contributed by atoms with Crippen LogP contribution in [0.3, 0.4) is 0 Å². The van der Waals surface area contributed by atoms with Gasteiger partial charge in [0.25, 0.3) is 16.0 Å². The van der Waals surface area contributed by atoms with Crippen molar-refractivity contribution in [3.8, 4) is 0 Å². The zero-order chi connectivity index (χ0) is 17.0. The van der Waals surface area contributed by atoms with E-state index in [4.69, 9.17) is 8.92 Å². The summed E-state index contributed by atoms with van der Waals surface area (Å²) in [6.07, 6.45) is -1.03. The zero-order valence-electron chi connectivity index (χ0n) is 13.7.